The largest absolute Gasteiger partial charge is 0.495 e. The molecule has 0 fully saturated rings. The molecule has 0 spiro atoms. The summed E-state index contributed by atoms with van der Waals surface area (Å²) in [5, 5.41) is 8.94. The summed E-state index contributed by atoms with van der Waals surface area (Å²) in [6, 6.07) is 7.50. The molecule has 1 aromatic carbocycles. The first-order valence-electron chi connectivity index (χ1n) is 5.40. The molecule has 0 heterocycles. The Kier molecular flexibility index (Phi) is 4.50. The van der Waals surface area contributed by atoms with Gasteiger partial charge in [0.05, 0.1) is 25.9 Å². The summed E-state index contributed by atoms with van der Waals surface area (Å²) in [4.78, 5) is 0. The molecule has 0 bridgehead atoms. The topological polar surface area (TPSA) is 68.3 Å². The lowest BCUT2D eigenvalue weighted by Crippen LogP contribution is -2.37. The Labute approximate surface area is 102 Å². The number of ether oxygens (including phenoxy) is 2. The number of nitrogens with two attached hydrogens (primary N) is 1. The second-order valence-electron chi connectivity index (χ2n) is 4.63. The summed E-state index contributed by atoms with van der Waals surface area (Å²) >= 11 is 0. The predicted octanol–water partition coefficient (Wildman–Crippen LogP) is 1.82. The highest BCUT2D eigenvalue weighted by atomic mass is 16.5. The highest BCUT2D eigenvalue weighted by Crippen LogP contribution is 2.19. The molecule has 0 saturated carbocycles. The average molecular weight is 234 g/mol. The van der Waals surface area contributed by atoms with Crippen LogP contribution in [0.3, 0.4) is 0 Å². The maximum absolute atomic E-state index is 8.94. The van der Waals surface area contributed by atoms with Crippen LogP contribution in [0.4, 0.5) is 0 Å². The van der Waals surface area contributed by atoms with Crippen molar-refractivity contribution in [2.24, 2.45) is 5.73 Å². The van der Waals surface area contributed by atoms with Crippen molar-refractivity contribution in [3.05, 3.63) is 29.3 Å². The van der Waals surface area contributed by atoms with Crippen LogP contribution < -0.4 is 10.5 Å². The molecule has 1 aromatic rings. The van der Waals surface area contributed by atoms with E-state index in [2.05, 4.69) is 6.07 Å². The molecule has 0 atom stereocenters. The Morgan fingerprint density at radius 1 is 1.41 bits per heavy atom. The molecule has 0 amide bonds. The SMILES string of the molecule is COc1ccc(COCC(C)(C)N)cc1C#N. The van der Waals surface area contributed by atoms with Gasteiger partial charge in [-0.05, 0) is 31.5 Å². The lowest BCUT2D eigenvalue weighted by atomic mass is 10.1. The minimum atomic E-state index is -0.343. The van der Waals surface area contributed by atoms with E-state index < -0.39 is 0 Å². The van der Waals surface area contributed by atoms with Crippen LogP contribution in [-0.4, -0.2) is 19.3 Å². The Morgan fingerprint density at radius 3 is 2.65 bits per heavy atom. The van der Waals surface area contributed by atoms with E-state index in [9.17, 15) is 0 Å². The van der Waals surface area contributed by atoms with Gasteiger partial charge in [-0.15, -0.1) is 0 Å². The molecule has 0 radical (unpaired) electrons. The predicted molar refractivity (Wildman–Crippen MR) is 65.6 cm³/mol. The second kappa shape index (κ2) is 5.67. The van der Waals surface area contributed by atoms with Crippen molar-refractivity contribution in [3.8, 4) is 11.8 Å². The molecule has 4 nitrogen and oxygen atoms in total. The minimum Gasteiger partial charge on any atom is -0.495 e. The highest BCUT2D eigenvalue weighted by molar-refractivity contribution is 5.45. The number of hydrogen-bond acceptors (Lipinski definition) is 4. The molecular weight excluding hydrogens is 216 g/mol. The van der Waals surface area contributed by atoms with Gasteiger partial charge in [0.25, 0.3) is 0 Å². The van der Waals surface area contributed by atoms with Gasteiger partial charge in [-0.2, -0.15) is 5.26 Å². The standard InChI is InChI=1S/C13H18N2O2/c1-13(2,15)9-17-8-10-4-5-12(16-3)11(6-10)7-14/h4-6H,8-9,15H2,1-3H3. The van der Waals surface area contributed by atoms with Crippen molar-refractivity contribution >= 4 is 0 Å². The first kappa shape index (κ1) is 13.5. The molecule has 1 rings (SSSR count). The van der Waals surface area contributed by atoms with Gasteiger partial charge < -0.3 is 15.2 Å². The van der Waals surface area contributed by atoms with Crippen LogP contribution in [0.1, 0.15) is 25.0 Å². The summed E-state index contributed by atoms with van der Waals surface area (Å²) in [7, 11) is 1.54. The molecule has 92 valence electrons. The molecule has 0 aliphatic carbocycles. The van der Waals surface area contributed by atoms with Crippen molar-refractivity contribution in [2.75, 3.05) is 13.7 Å². The fourth-order valence-corrected chi connectivity index (χ4v) is 1.36. The van der Waals surface area contributed by atoms with Gasteiger partial charge in [0.1, 0.15) is 11.8 Å². The summed E-state index contributed by atoms with van der Waals surface area (Å²) in [6.45, 7) is 4.73. The lowest BCUT2D eigenvalue weighted by Gasteiger charge is -2.18. The fourth-order valence-electron chi connectivity index (χ4n) is 1.36. The van der Waals surface area contributed by atoms with E-state index in [1.54, 1.807) is 19.2 Å². The average Bonchev–Trinajstić information content (AvgIpc) is 2.27. The Morgan fingerprint density at radius 2 is 2.12 bits per heavy atom. The maximum Gasteiger partial charge on any atom is 0.136 e. The van der Waals surface area contributed by atoms with Gasteiger partial charge in [0.2, 0.25) is 0 Å². The van der Waals surface area contributed by atoms with E-state index in [0.29, 0.717) is 24.5 Å². The van der Waals surface area contributed by atoms with E-state index in [-0.39, 0.29) is 5.54 Å². The molecular formula is C13H18N2O2. The van der Waals surface area contributed by atoms with Crippen LogP contribution in [0.25, 0.3) is 0 Å². The summed E-state index contributed by atoms with van der Waals surface area (Å²) in [6.07, 6.45) is 0. The van der Waals surface area contributed by atoms with Crippen LogP contribution in [0.5, 0.6) is 5.75 Å². The minimum absolute atomic E-state index is 0.343. The monoisotopic (exact) mass is 234 g/mol. The quantitative estimate of drug-likeness (QED) is 0.843. The maximum atomic E-state index is 8.94. The van der Waals surface area contributed by atoms with E-state index in [0.717, 1.165) is 5.56 Å². The fraction of sp³-hybridized carbons (Fsp3) is 0.462. The molecule has 0 aromatic heterocycles. The van der Waals surface area contributed by atoms with Gasteiger partial charge >= 0.3 is 0 Å². The number of nitriles is 1. The first-order chi connectivity index (χ1) is 7.96. The number of benzene rings is 1. The summed E-state index contributed by atoms with van der Waals surface area (Å²) in [5.74, 6) is 0.579. The molecule has 0 aliphatic heterocycles. The van der Waals surface area contributed by atoms with Crippen LogP contribution in [0.2, 0.25) is 0 Å². The number of rotatable bonds is 5. The third kappa shape index (κ3) is 4.43. The van der Waals surface area contributed by atoms with E-state index >= 15 is 0 Å². The summed E-state index contributed by atoms with van der Waals surface area (Å²) in [5.41, 5.74) is 6.91. The van der Waals surface area contributed by atoms with Crippen LogP contribution in [-0.2, 0) is 11.3 Å². The van der Waals surface area contributed by atoms with Crippen molar-refractivity contribution < 1.29 is 9.47 Å². The van der Waals surface area contributed by atoms with Crippen LogP contribution in [0, 0.1) is 11.3 Å². The molecule has 0 saturated heterocycles. The zero-order valence-corrected chi connectivity index (χ0v) is 10.5. The third-order valence-corrected chi connectivity index (χ3v) is 2.13. The zero-order valence-electron chi connectivity index (χ0n) is 10.5. The van der Waals surface area contributed by atoms with E-state index in [1.165, 1.54) is 0 Å². The van der Waals surface area contributed by atoms with Gasteiger partial charge in [0.15, 0.2) is 0 Å². The molecule has 0 aliphatic rings. The first-order valence-corrected chi connectivity index (χ1v) is 5.40. The Bertz CT molecular complexity index is 416. The molecule has 4 heteroatoms. The van der Waals surface area contributed by atoms with Gasteiger partial charge in [-0.1, -0.05) is 6.07 Å². The van der Waals surface area contributed by atoms with E-state index in [1.807, 2.05) is 19.9 Å². The molecule has 0 unspecified atom stereocenters. The normalized spacial score (nSPS) is 11.0. The Balaban J connectivity index is 2.65. The van der Waals surface area contributed by atoms with Crippen molar-refractivity contribution in [2.45, 2.75) is 26.0 Å². The highest BCUT2D eigenvalue weighted by Gasteiger charge is 2.10. The van der Waals surface area contributed by atoms with Crippen LogP contribution in [0.15, 0.2) is 18.2 Å². The number of methoxy groups -OCH3 is 1. The van der Waals surface area contributed by atoms with Gasteiger partial charge in [0, 0.05) is 5.54 Å². The van der Waals surface area contributed by atoms with Gasteiger partial charge in [-0.25, -0.2) is 0 Å². The van der Waals surface area contributed by atoms with E-state index in [4.69, 9.17) is 20.5 Å². The smallest absolute Gasteiger partial charge is 0.136 e. The number of nitrogens with zero attached hydrogens (tertiary/aromatic N) is 1. The summed E-state index contributed by atoms with van der Waals surface area (Å²) < 4.78 is 10.5. The number of hydrogen-bond donors (Lipinski definition) is 1. The zero-order chi connectivity index (χ0) is 12.9. The second-order valence-corrected chi connectivity index (χ2v) is 4.63. The van der Waals surface area contributed by atoms with Crippen LogP contribution >= 0.6 is 0 Å². The third-order valence-electron chi connectivity index (χ3n) is 2.13. The Hall–Kier alpha value is -1.57. The molecule has 2 N–H and O–H groups in total. The van der Waals surface area contributed by atoms with Crippen molar-refractivity contribution in [1.29, 1.82) is 5.26 Å². The van der Waals surface area contributed by atoms with Crippen molar-refractivity contribution in [3.63, 3.8) is 0 Å². The van der Waals surface area contributed by atoms with Crippen molar-refractivity contribution in [1.82, 2.24) is 0 Å². The van der Waals surface area contributed by atoms with Gasteiger partial charge in [-0.3, -0.25) is 0 Å². The molecule has 17 heavy (non-hydrogen) atoms. The lowest BCUT2D eigenvalue weighted by molar-refractivity contribution is 0.0850.